The van der Waals surface area contributed by atoms with Crippen molar-refractivity contribution in [3.63, 3.8) is 0 Å². The van der Waals surface area contributed by atoms with E-state index in [4.69, 9.17) is 16.3 Å². The molecule has 0 bridgehead atoms. The SMILES string of the molecule is C=CCCn1c(C)c(C(=O)OCC)c(C=O)c1Cl. The quantitative estimate of drug-likeness (QED) is 0.453. The molecule has 1 heterocycles. The molecule has 0 fully saturated rings. The van der Waals surface area contributed by atoms with Crippen LogP contribution in [0.5, 0.6) is 0 Å². The number of esters is 1. The first-order valence-corrected chi connectivity index (χ1v) is 6.08. The third-order valence-electron chi connectivity index (χ3n) is 2.65. The highest BCUT2D eigenvalue weighted by atomic mass is 35.5. The van der Waals surface area contributed by atoms with Crippen LogP contribution in [0.1, 0.15) is 39.8 Å². The molecular formula is C13H16ClNO3. The van der Waals surface area contributed by atoms with Gasteiger partial charge < -0.3 is 9.30 Å². The van der Waals surface area contributed by atoms with Gasteiger partial charge in [0, 0.05) is 12.2 Å². The molecular weight excluding hydrogens is 254 g/mol. The van der Waals surface area contributed by atoms with Gasteiger partial charge in [0.1, 0.15) is 5.15 Å². The monoisotopic (exact) mass is 269 g/mol. The minimum Gasteiger partial charge on any atom is -0.462 e. The minimum atomic E-state index is -0.517. The van der Waals surface area contributed by atoms with Gasteiger partial charge in [0.15, 0.2) is 6.29 Å². The van der Waals surface area contributed by atoms with Gasteiger partial charge in [0.25, 0.3) is 0 Å². The lowest BCUT2D eigenvalue weighted by Gasteiger charge is -2.06. The highest BCUT2D eigenvalue weighted by Gasteiger charge is 2.24. The third kappa shape index (κ3) is 2.64. The minimum absolute atomic E-state index is 0.191. The summed E-state index contributed by atoms with van der Waals surface area (Å²) in [4.78, 5) is 22.9. The van der Waals surface area contributed by atoms with E-state index >= 15 is 0 Å². The Balaban J connectivity index is 3.28. The van der Waals surface area contributed by atoms with E-state index in [1.807, 2.05) is 0 Å². The predicted molar refractivity (Wildman–Crippen MR) is 70.3 cm³/mol. The molecule has 0 saturated carbocycles. The van der Waals surface area contributed by atoms with Gasteiger partial charge in [-0.3, -0.25) is 4.79 Å². The Morgan fingerprint density at radius 3 is 2.72 bits per heavy atom. The van der Waals surface area contributed by atoms with Crippen molar-refractivity contribution in [2.24, 2.45) is 0 Å². The van der Waals surface area contributed by atoms with Crippen LogP contribution in [-0.4, -0.2) is 23.4 Å². The first-order chi connectivity index (χ1) is 8.58. The number of hydrogen-bond acceptors (Lipinski definition) is 3. The van der Waals surface area contributed by atoms with Crippen LogP contribution in [0.15, 0.2) is 12.7 Å². The maximum absolute atomic E-state index is 11.8. The highest BCUT2D eigenvalue weighted by Crippen LogP contribution is 2.27. The smallest absolute Gasteiger partial charge is 0.340 e. The second-order valence-corrected chi connectivity index (χ2v) is 4.09. The van der Waals surface area contributed by atoms with E-state index in [0.717, 1.165) is 0 Å². The zero-order valence-corrected chi connectivity index (χ0v) is 11.3. The molecule has 5 heteroatoms. The molecule has 0 atom stereocenters. The lowest BCUT2D eigenvalue weighted by Crippen LogP contribution is -2.08. The van der Waals surface area contributed by atoms with Crippen LogP contribution in [-0.2, 0) is 11.3 Å². The van der Waals surface area contributed by atoms with E-state index in [1.165, 1.54) is 0 Å². The van der Waals surface area contributed by atoms with Crippen molar-refractivity contribution >= 4 is 23.9 Å². The molecule has 18 heavy (non-hydrogen) atoms. The second kappa shape index (κ2) is 6.40. The first-order valence-electron chi connectivity index (χ1n) is 5.70. The molecule has 98 valence electrons. The van der Waals surface area contributed by atoms with E-state index in [1.54, 1.807) is 24.5 Å². The number of rotatable bonds is 6. The molecule has 0 spiro atoms. The summed E-state index contributed by atoms with van der Waals surface area (Å²) in [6, 6.07) is 0. The molecule has 0 amide bonds. The average molecular weight is 270 g/mol. The average Bonchev–Trinajstić information content (AvgIpc) is 2.58. The highest BCUT2D eigenvalue weighted by molar-refractivity contribution is 6.33. The summed E-state index contributed by atoms with van der Waals surface area (Å²) < 4.78 is 6.66. The van der Waals surface area contributed by atoms with Gasteiger partial charge in [-0.25, -0.2) is 4.79 Å². The molecule has 0 aromatic carbocycles. The molecule has 0 N–H and O–H groups in total. The summed E-state index contributed by atoms with van der Waals surface area (Å²) >= 11 is 6.10. The Hall–Kier alpha value is -1.55. The standard InChI is InChI=1S/C13H16ClNO3/c1-4-6-7-15-9(3)11(13(17)18-5-2)10(8-16)12(15)14/h4,8H,1,5-7H2,2-3H3. The van der Waals surface area contributed by atoms with Gasteiger partial charge in [0.2, 0.25) is 0 Å². The van der Waals surface area contributed by atoms with Gasteiger partial charge >= 0.3 is 5.97 Å². The van der Waals surface area contributed by atoms with Crippen molar-refractivity contribution < 1.29 is 14.3 Å². The number of carbonyl (C=O) groups is 2. The molecule has 0 aliphatic heterocycles. The Bertz CT molecular complexity index is 477. The van der Waals surface area contributed by atoms with Crippen molar-refractivity contribution in [2.45, 2.75) is 26.8 Å². The maximum Gasteiger partial charge on any atom is 0.340 e. The zero-order valence-electron chi connectivity index (χ0n) is 10.5. The zero-order chi connectivity index (χ0) is 13.7. The Kier molecular flexibility index (Phi) is 5.16. The van der Waals surface area contributed by atoms with E-state index in [2.05, 4.69) is 6.58 Å². The van der Waals surface area contributed by atoms with E-state index in [-0.39, 0.29) is 22.9 Å². The Labute approximate surface area is 111 Å². The van der Waals surface area contributed by atoms with Crippen molar-refractivity contribution in [3.05, 3.63) is 34.6 Å². The molecule has 0 aliphatic carbocycles. The van der Waals surface area contributed by atoms with Crippen LogP contribution < -0.4 is 0 Å². The largest absolute Gasteiger partial charge is 0.462 e. The maximum atomic E-state index is 11.8. The van der Waals surface area contributed by atoms with Crippen molar-refractivity contribution in [1.82, 2.24) is 4.57 Å². The lowest BCUT2D eigenvalue weighted by molar-refractivity contribution is 0.0523. The normalized spacial score (nSPS) is 10.2. The van der Waals surface area contributed by atoms with Crippen molar-refractivity contribution in [1.29, 1.82) is 0 Å². The van der Waals surface area contributed by atoms with Gasteiger partial charge in [-0.1, -0.05) is 17.7 Å². The summed E-state index contributed by atoms with van der Waals surface area (Å²) in [6.07, 6.45) is 3.04. The van der Waals surface area contributed by atoms with Gasteiger partial charge in [0.05, 0.1) is 17.7 Å². The van der Waals surface area contributed by atoms with Crippen molar-refractivity contribution in [2.75, 3.05) is 6.61 Å². The van der Waals surface area contributed by atoms with E-state index in [0.29, 0.717) is 24.9 Å². The molecule has 0 radical (unpaired) electrons. The molecule has 1 rings (SSSR count). The number of nitrogens with zero attached hydrogens (tertiary/aromatic N) is 1. The summed E-state index contributed by atoms with van der Waals surface area (Å²) in [6.45, 7) is 7.92. The number of aldehydes is 1. The summed E-state index contributed by atoms with van der Waals surface area (Å²) in [5.74, 6) is -0.517. The van der Waals surface area contributed by atoms with Crippen LogP contribution in [0.25, 0.3) is 0 Å². The fraction of sp³-hybridized carbons (Fsp3) is 0.385. The number of hydrogen-bond donors (Lipinski definition) is 0. The van der Waals surface area contributed by atoms with Crippen LogP contribution in [0.4, 0.5) is 0 Å². The number of carbonyl (C=O) groups excluding carboxylic acids is 2. The van der Waals surface area contributed by atoms with Crippen LogP contribution in [0.2, 0.25) is 5.15 Å². The number of allylic oxidation sites excluding steroid dienone is 1. The van der Waals surface area contributed by atoms with E-state index < -0.39 is 5.97 Å². The van der Waals surface area contributed by atoms with E-state index in [9.17, 15) is 9.59 Å². The number of ether oxygens (including phenoxy) is 1. The van der Waals surface area contributed by atoms with Crippen LogP contribution in [0, 0.1) is 6.92 Å². The van der Waals surface area contributed by atoms with Gasteiger partial charge in [-0.2, -0.15) is 0 Å². The lowest BCUT2D eigenvalue weighted by atomic mass is 10.1. The summed E-state index contributed by atoms with van der Waals surface area (Å²) in [5, 5.41) is 0.271. The van der Waals surface area contributed by atoms with Crippen LogP contribution >= 0.6 is 11.6 Å². The van der Waals surface area contributed by atoms with Crippen LogP contribution in [0.3, 0.4) is 0 Å². The molecule has 0 saturated heterocycles. The summed E-state index contributed by atoms with van der Waals surface area (Å²) in [5.41, 5.74) is 1.08. The predicted octanol–water partition coefficient (Wildman–Crippen LogP) is 3.02. The molecule has 1 aromatic rings. The Morgan fingerprint density at radius 1 is 1.56 bits per heavy atom. The summed E-state index contributed by atoms with van der Waals surface area (Å²) in [7, 11) is 0. The first kappa shape index (κ1) is 14.5. The fourth-order valence-electron chi connectivity index (χ4n) is 1.78. The van der Waals surface area contributed by atoms with Crippen molar-refractivity contribution in [3.8, 4) is 0 Å². The second-order valence-electron chi connectivity index (χ2n) is 3.73. The fourth-order valence-corrected chi connectivity index (χ4v) is 2.13. The topological polar surface area (TPSA) is 48.3 Å². The number of aromatic nitrogens is 1. The third-order valence-corrected chi connectivity index (χ3v) is 3.06. The van der Waals surface area contributed by atoms with Gasteiger partial charge in [-0.15, -0.1) is 6.58 Å². The Morgan fingerprint density at radius 2 is 2.22 bits per heavy atom. The molecule has 0 aliphatic rings. The molecule has 1 aromatic heterocycles. The van der Waals surface area contributed by atoms with Gasteiger partial charge in [-0.05, 0) is 20.3 Å². The molecule has 4 nitrogen and oxygen atoms in total. The molecule has 0 unspecified atom stereocenters. The number of halogens is 1.